The second-order valence-corrected chi connectivity index (χ2v) is 9.93. The molecule has 3 heterocycles. The first-order valence-electron chi connectivity index (χ1n) is 11.3. The van der Waals surface area contributed by atoms with Crippen LogP contribution >= 0.6 is 27.3 Å². The molecule has 8 nitrogen and oxygen atoms in total. The number of benzene rings is 3. The molecule has 0 atom stereocenters. The molecule has 6 rings (SSSR count). The van der Waals surface area contributed by atoms with E-state index in [-0.39, 0.29) is 0 Å². The van der Waals surface area contributed by atoms with Crippen LogP contribution in [0.15, 0.2) is 114 Å². The Morgan fingerprint density at radius 2 is 1.65 bits per heavy atom. The van der Waals surface area contributed by atoms with Crippen LogP contribution in [-0.2, 0) is 0 Å². The fourth-order valence-corrected chi connectivity index (χ4v) is 5.19. The van der Waals surface area contributed by atoms with E-state index < -0.39 is 11.3 Å². The van der Waals surface area contributed by atoms with Crippen LogP contribution in [0, 0.1) is 6.92 Å². The van der Waals surface area contributed by atoms with Crippen molar-refractivity contribution in [3.63, 3.8) is 0 Å². The predicted octanol–water partition coefficient (Wildman–Crippen LogP) is 5.29. The third-order valence-electron chi connectivity index (χ3n) is 5.77. The molecule has 0 saturated carbocycles. The van der Waals surface area contributed by atoms with E-state index in [1.807, 2.05) is 60.7 Å². The van der Waals surface area contributed by atoms with Gasteiger partial charge in [-0.2, -0.15) is 9.36 Å². The third kappa shape index (κ3) is 4.20. The van der Waals surface area contributed by atoms with E-state index >= 15 is 0 Å². The molecule has 0 aliphatic rings. The van der Waals surface area contributed by atoms with Crippen LogP contribution in [0.4, 0.5) is 5.69 Å². The van der Waals surface area contributed by atoms with Crippen LogP contribution in [0.1, 0.15) is 5.82 Å². The lowest BCUT2D eigenvalue weighted by Crippen LogP contribution is -2.35. The van der Waals surface area contributed by atoms with Crippen LogP contribution in [0.5, 0.6) is 0 Å². The Bertz CT molecular complexity index is 1950. The van der Waals surface area contributed by atoms with E-state index in [9.17, 15) is 9.59 Å². The van der Waals surface area contributed by atoms with Crippen molar-refractivity contribution in [1.29, 1.82) is 0 Å². The van der Waals surface area contributed by atoms with Crippen molar-refractivity contribution in [3.8, 4) is 16.9 Å². The topological polar surface area (TPSA) is 87.3 Å². The van der Waals surface area contributed by atoms with Gasteiger partial charge < -0.3 is 4.42 Å². The van der Waals surface area contributed by atoms with Gasteiger partial charge >= 0.3 is 11.3 Å². The molecule has 182 valence electrons. The molecule has 0 fully saturated rings. The number of hydrogen-bond acceptors (Lipinski definition) is 6. The molecule has 3 aromatic carbocycles. The molecule has 37 heavy (non-hydrogen) atoms. The summed E-state index contributed by atoms with van der Waals surface area (Å²) >= 11 is 4.73. The average molecular weight is 572 g/mol. The molecule has 0 unspecified atom stereocenters. The summed E-state index contributed by atoms with van der Waals surface area (Å²) in [6.45, 7) is 1.74. The minimum atomic E-state index is -0.512. The smallest absolute Gasteiger partial charge is 0.370 e. The van der Waals surface area contributed by atoms with Crippen molar-refractivity contribution in [2.75, 3.05) is 0 Å². The molecule has 6 aromatic rings. The van der Waals surface area contributed by atoms with Crippen LogP contribution in [0.2, 0.25) is 0 Å². The summed E-state index contributed by atoms with van der Waals surface area (Å²) in [6, 6.07) is 25.8. The number of thiazole rings is 1. The summed E-state index contributed by atoms with van der Waals surface area (Å²) in [5, 5.41) is 7.08. The van der Waals surface area contributed by atoms with Gasteiger partial charge in [0.1, 0.15) is 5.58 Å². The lowest BCUT2D eigenvalue weighted by molar-refractivity contribution is 0.557. The van der Waals surface area contributed by atoms with Crippen molar-refractivity contribution < 1.29 is 4.42 Å². The Balaban J connectivity index is 1.65. The van der Waals surface area contributed by atoms with Crippen LogP contribution < -0.4 is 16.1 Å². The summed E-state index contributed by atoms with van der Waals surface area (Å²) in [5.74, 6) is 0.423. The van der Waals surface area contributed by atoms with Crippen molar-refractivity contribution in [2.24, 2.45) is 4.99 Å². The van der Waals surface area contributed by atoms with Gasteiger partial charge in [-0.05, 0) is 55.5 Å². The third-order valence-corrected chi connectivity index (χ3v) is 7.11. The zero-order valence-corrected chi connectivity index (χ0v) is 21.8. The first-order chi connectivity index (χ1) is 18.0. The van der Waals surface area contributed by atoms with E-state index in [1.54, 1.807) is 41.2 Å². The Kier molecular flexibility index (Phi) is 5.82. The summed E-state index contributed by atoms with van der Waals surface area (Å²) in [6.07, 6.45) is 0. The van der Waals surface area contributed by atoms with Crippen molar-refractivity contribution >= 4 is 43.9 Å². The van der Waals surface area contributed by atoms with Gasteiger partial charge in [0.25, 0.3) is 0 Å². The van der Waals surface area contributed by atoms with Gasteiger partial charge in [0.15, 0.2) is 5.82 Å². The SMILES string of the molecule is Cc1nn(-c2ccc(Br)cc2)c(=O)n1-n1c(-c2cc3ccccc3oc2=O)csc1=Nc1ccccc1. The molecule has 0 amide bonds. The number of para-hydroxylation sites is 2. The fraction of sp³-hybridized carbons (Fsp3) is 0.0370. The molecule has 0 aliphatic carbocycles. The van der Waals surface area contributed by atoms with Gasteiger partial charge in [-0.1, -0.05) is 52.3 Å². The first kappa shape index (κ1) is 23.1. The van der Waals surface area contributed by atoms with Gasteiger partial charge in [0.2, 0.25) is 4.80 Å². The number of rotatable bonds is 4. The maximum Gasteiger partial charge on any atom is 0.370 e. The highest BCUT2D eigenvalue weighted by molar-refractivity contribution is 9.10. The number of halogens is 1. The summed E-state index contributed by atoms with van der Waals surface area (Å²) in [7, 11) is 0. The maximum atomic E-state index is 13.8. The highest BCUT2D eigenvalue weighted by Gasteiger charge is 2.21. The molecule has 0 spiro atoms. The number of aromatic nitrogens is 4. The molecule has 0 saturated heterocycles. The predicted molar refractivity (Wildman–Crippen MR) is 147 cm³/mol. The summed E-state index contributed by atoms with van der Waals surface area (Å²) in [5.41, 5.74) is 1.68. The average Bonchev–Trinajstić information content (AvgIpc) is 3.43. The lowest BCUT2D eigenvalue weighted by Gasteiger charge is -2.10. The Labute approximate surface area is 222 Å². The molecule has 0 bridgehead atoms. The zero-order valence-electron chi connectivity index (χ0n) is 19.4. The van der Waals surface area contributed by atoms with Gasteiger partial charge in [-0.3, -0.25) is 0 Å². The van der Waals surface area contributed by atoms with E-state index in [1.165, 1.54) is 20.7 Å². The maximum absolute atomic E-state index is 13.8. The zero-order chi connectivity index (χ0) is 25.5. The Hall–Kier alpha value is -4.28. The molecular formula is C27H18BrN5O3S. The molecular weight excluding hydrogens is 554 g/mol. The van der Waals surface area contributed by atoms with E-state index in [0.717, 1.165) is 9.86 Å². The first-order valence-corrected chi connectivity index (χ1v) is 13.0. The summed E-state index contributed by atoms with van der Waals surface area (Å²) in [4.78, 5) is 32.1. The monoisotopic (exact) mass is 571 g/mol. The number of nitrogens with zero attached hydrogens (tertiary/aromatic N) is 5. The number of fused-ring (bicyclic) bond motifs is 1. The van der Waals surface area contributed by atoms with Gasteiger partial charge in [0, 0.05) is 15.2 Å². The van der Waals surface area contributed by atoms with Crippen molar-refractivity contribution in [3.05, 3.63) is 126 Å². The Morgan fingerprint density at radius 3 is 2.43 bits per heavy atom. The number of hydrogen-bond donors (Lipinski definition) is 0. The quantitative estimate of drug-likeness (QED) is 0.269. The highest BCUT2D eigenvalue weighted by Crippen LogP contribution is 2.23. The fourth-order valence-electron chi connectivity index (χ4n) is 4.05. The summed E-state index contributed by atoms with van der Waals surface area (Å²) < 4.78 is 10.9. The van der Waals surface area contributed by atoms with Gasteiger partial charge in [0.05, 0.1) is 22.6 Å². The van der Waals surface area contributed by atoms with Crippen molar-refractivity contribution in [1.82, 2.24) is 19.1 Å². The number of aryl methyl sites for hydroxylation is 1. The molecule has 3 aromatic heterocycles. The standard InChI is InChI=1S/C27H18BrN5O3S/c1-17-30-31(21-13-11-19(28)12-14-21)27(35)32(17)33-23(16-37-26(33)29-20-8-3-2-4-9-20)22-15-18-7-5-6-10-24(18)36-25(22)34/h2-16H,1H3. The molecule has 0 aliphatic heterocycles. The second kappa shape index (κ2) is 9.30. The molecule has 10 heteroatoms. The van der Waals surface area contributed by atoms with Crippen LogP contribution in [0.25, 0.3) is 27.9 Å². The van der Waals surface area contributed by atoms with Crippen molar-refractivity contribution in [2.45, 2.75) is 6.92 Å². The van der Waals surface area contributed by atoms with E-state index in [4.69, 9.17) is 9.41 Å². The van der Waals surface area contributed by atoms with E-state index in [2.05, 4.69) is 21.0 Å². The van der Waals surface area contributed by atoms with Gasteiger partial charge in [-0.25, -0.2) is 19.3 Å². The highest BCUT2D eigenvalue weighted by atomic mass is 79.9. The van der Waals surface area contributed by atoms with Crippen LogP contribution in [0.3, 0.4) is 0 Å². The molecule has 0 radical (unpaired) electrons. The molecule has 0 N–H and O–H groups in total. The second-order valence-electron chi connectivity index (χ2n) is 8.18. The van der Waals surface area contributed by atoms with Crippen LogP contribution in [-0.4, -0.2) is 19.1 Å². The Morgan fingerprint density at radius 1 is 0.919 bits per heavy atom. The lowest BCUT2D eigenvalue weighted by atomic mass is 10.1. The minimum Gasteiger partial charge on any atom is -0.422 e. The normalized spacial score (nSPS) is 11.9. The van der Waals surface area contributed by atoms with E-state index in [0.29, 0.717) is 38.8 Å². The minimum absolute atomic E-state index is 0.312. The largest absolute Gasteiger partial charge is 0.422 e. The van der Waals surface area contributed by atoms with Gasteiger partial charge in [-0.15, -0.1) is 16.4 Å².